The summed E-state index contributed by atoms with van der Waals surface area (Å²) >= 11 is 0. The maximum atomic E-state index is 12.8. The molecular weight excluding hydrogens is 334 g/mol. The summed E-state index contributed by atoms with van der Waals surface area (Å²) in [5, 5.41) is 17.5. The molecule has 136 valence electrons. The van der Waals surface area contributed by atoms with Gasteiger partial charge in [-0.05, 0) is 24.6 Å². The van der Waals surface area contributed by atoms with Crippen LogP contribution in [0.5, 0.6) is 5.75 Å². The number of phenols is 1. The fourth-order valence-corrected chi connectivity index (χ4v) is 3.67. The SMILES string of the molecule is O=C(c1cccc(O)c1)N1CCN(C(=O)C2CCc3nncn3C2)CC1. The van der Waals surface area contributed by atoms with Crippen LogP contribution in [0.1, 0.15) is 22.6 Å². The number of benzene rings is 1. The fourth-order valence-electron chi connectivity index (χ4n) is 3.67. The van der Waals surface area contributed by atoms with E-state index in [1.807, 2.05) is 9.47 Å². The molecule has 1 atom stereocenters. The first kappa shape index (κ1) is 16.6. The standard InChI is InChI=1S/C18H21N5O3/c24-15-3-1-2-13(10-15)17(25)21-6-8-22(9-7-21)18(26)14-4-5-16-20-19-12-23(16)11-14/h1-3,10,12,14,24H,4-9,11H2. The average Bonchev–Trinajstić information content (AvgIpc) is 3.15. The second-order valence-corrected chi connectivity index (χ2v) is 6.80. The third kappa shape index (κ3) is 3.14. The van der Waals surface area contributed by atoms with Crippen molar-refractivity contribution in [2.75, 3.05) is 26.2 Å². The van der Waals surface area contributed by atoms with Crippen molar-refractivity contribution in [2.45, 2.75) is 19.4 Å². The summed E-state index contributed by atoms with van der Waals surface area (Å²) in [6.07, 6.45) is 3.24. The minimum absolute atomic E-state index is 0.0492. The Kier molecular flexibility index (Phi) is 4.32. The number of carbonyl (C=O) groups is 2. The molecule has 0 bridgehead atoms. The summed E-state index contributed by atoms with van der Waals surface area (Å²) in [4.78, 5) is 28.9. The number of hydrogen-bond acceptors (Lipinski definition) is 5. The van der Waals surface area contributed by atoms with E-state index in [-0.39, 0.29) is 23.5 Å². The van der Waals surface area contributed by atoms with Crippen molar-refractivity contribution in [3.05, 3.63) is 42.0 Å². The van der Waals surface area contributed by atoms with Gasteiger partial charge in [0.2, 0.25) is 5.91 Å². The third-order valence-electron chi connectivity index (χ3n) is 5.15. The van der Waals surface area contributed by atoms with Gasteiger partial charge < -0.3 is 19.5 Å². The number of aryl methyl sites for hydroxylation is 1. The molecule has 3 heterocycles. The predicted molar refractivity (Wildman–Crippen MR) is 92.4 cm³/mol. The summed E-state index contributed by atoms with van der Waals surface area (Å²) in [7, 11) is 0. The Balaban J connectivity index is 1.35. The normalized spacial score (nSPS) is 19.9. The molecule has 1 N–H and O–H groups in total. The largest absolute Gasteiger partial charge is 0.508 e. The van der Waals surface area contributed by atoms with Gasteiger partial charge in [0, 0.05) is 44.7 Å². The fraction of sp³-hybridized carbons (Fsp3) is 0.444. The monoisotopic (exact) mass is 355 g/mol. The number of aromatic hydroxyl groups is 1. The number of amides is 2. The number of hydrogen-bond donors (Lipinski definition) is 1. The number of carbonyl (C=O) groups excluding carboxylic acids is 2. The quantitative estimate of drug-likeness (QED) is 0.848. The Morgan fingerprint density at radius 1 is 1.12 bits per heavy atom. The van der Waals surface area contributed by atoms with Gasteiger partial charge in [0.05, 0.1) is 5.92 Å². The average molecular weight is 355 g/mol. The van der Waals surface area contributed by atoms with Crippen molar-refractivity contribution >= 4 is 11.8 Å². The molecule has 26 heavy (non-hydrogen) atoms. The molecule has 8 heteroatoms. The van der Waals surface area contributed by atoms with Gasteiger partial charge >= 0.3 is 0 Å². The van der Waals surface area contributed by atoms with Crippen molar-refractivity contribution in [3.8, 4) is 5.75 Å². The molecule has 0 spiro atoms. The minimum atomic E-state index is -0.111. The molecule has 4 rings (SSSR count). The van der Waals surface area contributed by atoms with Crippen LogP contribution in [0.4, 0.5) is 0 Å². The molecular formula is C18H21N5O3. The molecule has 2 aromatic rings. The zero-order chi connectivity index (χ0) is 18.1. The second-order valence-electron chi connectivity index (χ2n) is 6.80. The van der Waals surface area contributed by atoms with Crippen molar-refractivity contribution in [3.63, 3.8) is 0 Å². The highest BCUT2D eigenvalue weighted by Crippen LogP contribution is 2.21. The summed E-state index contributed by atoms with van der Waals surface area (Å²) in [5.41, 5.74) is 0.470. The molecule has 1 unspecified atom stereocenters. The molecule has 0 radical (unpaired) electrons. The third-order valence-corrected chi connectivity index (χ3v) is 5.15. The van der Waals surface area contributed by atoms with Crippen molar-refractivity contribution < 1.29 is 14.7 Å². The minimum Gasteiger partial charge on any atom is -0.508 e. The number of piperazine rings is 1. The van der Waals surface area contributed by atoms with Gasteiger partial charge in [-0.2, -0.15) is 0 Å². The topological polar surface area (TPSA) is 91.6 Å². The summed E-state index contributed by atoms with van der Waals surface area (Å²) in [6.45, 7) is 2.71. The Hall–Kier alpha value is -2.90. The number of rotatable bonds is 2. The first-order valence-corrected chi connectivity index (χ1v) is 8.85. The second kappa shape index (κ2) is 6.78. The van der Waals surface area contributed by atoms with Crippen LogP contribution in [-0.2, 0) is 17.8 Å². The molecule has 0 aliphatic carbocycles. The summed E-state index contributed by atoms with van der Waals surface area (Å²) in [6, 6.07) is 6.36. The van der Waals surface area contributed by atoms with Crippen LogP contribution < -0.4 is 0 Å². The Morgan fingerprint density at radius 3 is 2.65 bits per heavy atom. The van der Waals surface area contributed by atoms with Crippen LogP contribution in [0, 0.1) is 5.92 Å². The van der Waals surface area contributed by atoms with E-state index < -0.39 is 0 Å². The van der Waals surface area contributed by atoms with Crippen LogP contribution in [0.2, 0.25) is 0 Å². The molecule has 1 aromatic heterocycles. The first-order chi connectivity index (χ1) is 12.6. The lowest BCUT2D eigenvalue weighted by Crippen LogP contribution is -2.52. The van der Waals surface area contributed by atoms with E-state index in [4.69, 9.17) is 0 Å². The van der Waals surface area contributed by atoms with Gasteiger partial charge in [-0.1, -0.05) is 6.07 Å². The zero-order valence-electron chi connectivity index (χ0n) is 14.4. The Bertz CT molecular complexity index is 826. The van der Waals surface area contributed by atoms with Crippen LogP contribution >= 0.6 is 0 Å². The number of phenolic OH excluding ortho intramolecular Hbond substituents is 1. The smallest absolute Gasteiger partial charge is 0.254 e. The molecule has 8 nitrogen and oxygen atoms in total. The van der Waals surface area contributed by atoms with Crippen LogP contribution in [0.25, 0.3) is 0 Å². The van der Waals surface area contributed by atoms with Crippen molar-refractivity contribution in [2.24, 2.45) is 5.92 Å². The lowest BCUT2D eigenvalue weighted by atomic mass is 9.97. The Labute approximate surface area is 151 Å². The number of nitrogens with zero attached hydrogens (tertiary/aromatic N) is 5. The zero-order valence-corrected chi connectivity index (χ0v) is 14.4. The maximum Gasteiger partial charge on any atom is 0.254 e. The summed E-state index contributed by atoms with van der Waals surface area (Å²) in [5.74, 6) is 1.01. The molecule has 1 saturated heterocycles. The van der Waals surface area contributed by atoms with Gasteiger partial charge in [-0.25, -0.2) is 0 Å². The summed E-state index contributed by atoms with van der Waals surface area (Å²) < 4.78 is 1.95. The van der Waals surface area contributed by atoms with Gasteiger partial charge in [0.15, 0.2) is 0 Å². The van der Waals surface area contributed by atoms with Gasteiger partial charge in [0.25, 0.3) is 5.91 Å². The van der Waals surface area contributed by atoms with Gasteiger partial charge in [-0.3, -0.25) is 9.59 Å². The maximum absolute atomic E-state index is 12.8. The predicted octanol–water partition coefficient (Wildman–Crippen LogP) is 0.531. The van der Waals surface area contributed by atoms with E-state index in [0.29, 0.717) is 38.3 Å². The molecule has 0 saturated carbocycles. The van der Waals surface area contributed by atoms with E-state index in [1.54, 1.807) is 29.4 Å². The van der Waals surface area contributed by atoms with E-state index in [1.165, 1.54) is 6.07 Å². The molecule has 1 fully saturated rings. The number of fused-ring (bicyclic) bond motifs is 1. The highest BCUT2D eigenvalue weighted by Gasteiger charge is 2.31. The molecule has 2 aliphatic rings. The highest BCUT2D eigenvalue weighted by atomic mass is 16.3. The highest BCUT2D eigenvalue weighted by molar-refractivity contribution is 5.94. The number of aromatic nitrogens is 3. The van der Waals surface area contributed by atoms with Gasteiger partial charge in [-0.15, -0.1) is 10.2 Å². The molecule has 1 aromatic carbocycles. The molecule has 2 aliphatic heterocycles. The lowest BCUT2D eigenvalue weighted by Gasteiger charge is -2.37. The van der Waals surface area contributed by atoms with Crippen LogP contribution in [0.3, 0.4) is 0 Å². The molecule has 2 amide bonds. The van der Waals surface area contributed by atoms with Crippen LogP contribution in [-0.4, -0.2) is 67.7 Å². The van der Waals surface area contributed by atoms with E-state index in [0.717, 1.165) is 18.7 Å². The van der Waals surface area contributed by atoms with Crippen molar-refractivity contribution in [1.29, 1.82) is 0 Å². The van der Waals surface area contributed by atoms with E-state index in [2.05, 4.69) is 10.2 Å². The van der Waals surface area contributed by atoms with E-state index >= 15 is 0 Å². The van der Waals surface area contributed by atoms with Gasteiger partial charge in [0.1, 0.15) is 17.9 Å². The van der Waals surface area contributed by atoms with Crippen molar-refractivity contribution in [1.82, 2.24) is 24.6 Å². The lowest BCUT2D eigenvalue weighted by molar-refractivity contribution is -0.138. The van der Waals surface area contributed by atoms with Crippen LogP contribution in [0.15, 0.2) is 30.6 Å². The first-order valence-electron chi connectivity index (χ1n) is 8.85. The Morgan fingerprint density at radius 2 is 1.88 bits per heavy atom. The van der Waals surface area contributed by atoms with E-state index in [9.17, 15) is 14.7 Å².